The minimum absolute atomic E-state index is 0.0156. The molecule has 1 unspecified atom stereocenters. The van der Waals surface area contributed by atoms with Crippen molar-refractivity contribution in [1.82, 2.24) is 0 Å². The number of carboxylic acids is 1. The molecule has 0 heterocycles. The Bertz CT molecular complexity index is 381. The predicted molar refractivity (Wildman–Crippen MR) is 95.7 cm³/mol. The van der Waals surface area contributed by atoms with Crippen LogP contribution in [-0.2, 0) is 14.3 Å². The van der Waals surface area contributed by atoms with Gasteiger partial charge in [0.05, 0.1) is 11.8 Å². The topological polar surface area (TPSA) is 63.6 Å². The van der Waals surface area contributed by atoms with Crippen LogP contribution in [0.15, 0.2) is 0 Å². The lowest BCUT2D eigenvalue weighted by Crippen LogP contribution is -2.30. The molecule has 0 aliphatic heterocycles. The highest BCUT2D eigenvalue weighted by atomic mass is 16.5. The van der Waals surface area contributed by atoms with Crippen molar-refractivity contribution in [3.05, 3.63) is 0 Å². The Morgan fingerprint density at radius 3 is 1.96 bits per heavy atom. The summed E-state index contributed by atoms with van der Waals surface area (Å²) in [6.45, 7) is 8.79. The van der Waals surface area contributed by atoms with Gasteiger partial charge >= 0.3 is 11.9 Å². The highest BCUT2D eigenvalue weighted by Crippen LogP contribution is 2.30. The molecule has 0 spiro atoms. The monoisotopic (exact) mass is 340 g/mol. The van der Waals surface area contributed by atoms with Crippen LogP contribution < -0.4 is 0 Å². The van der Waals surface area contributed by atoms with E-state index in [2.05, 4.69) is 27.7 Å². The highest BCUT2D eigenvalue weighted by molar-refractivity contribution is 5.74. The second-order valence-electron chi connectivity index (χ2n) is 8.25. The highest BCUT2D eigenvalue weighted by Gasteiger charge is 2.31. The van der Waals surface area contributed by atoms with Gasteiger partial charge in [-0.05, 0) is 56.8 Å². The number of aliphatic carboxylic acids is 1. The van der Waals surface area contributed by atoms with Crippen molar-refractivity contribution < 1.29 is 19.4 Å². The molecule has 0 amide bonds. The third-order valence-corrected chi connectivity index (χ3v) is 4.98. The predicted octanol–water partition coefficient (Wildman–Crippen LogP) is 5.05. The molecule has 1 fully saturated rings. The van der Waals surface area contributed by atoms with Crippen molar-refractivity contribution in [3.8, 4) is 0 Å². The van der Waals surface area contributed by atoms with Crippen molar-refractivity contribution in [3.63, 3.8) is 0 Å². The van der Waals surface area contributed by atoms with Crippen LogP contribution in [0.2, 0.25) is 0 Å². The van der Waals surface area contributed by atoms with E-state index < -0.39 is 5.97 Å². The van der Waals surface area contributed by atoms with E-state index in [1.54, 1.807) is 0 Å². The van der Waals surface area contributed by atoms with Gasteiger partial charge in [-0.15, -0.1) is 0 Å². The first-order chi connectivity index (χ1) is 11.3. The van der Waals surface area contributed by atoms with Gasteiger partial charge < -0.3 is 9.84 Å². The summed E-state index contributed by atoms with van der Waals surface area (Å²) in [6, 6.07) is 0. The summed E-state index contributed by atoms with van der Waals surface area (Å²) >= 11 is 0. The van der Waals surface area contributed by atoms with Crippen molar-refractivity contribution in [1.29, 1.82) is 0 Å². The molecule has 140 valence electrons. The summed E-state index contributed by atoms with van der Waals surface area (Å²) < 4.78 is 5.82. The third-order valence-electron chi connectivity index (χ3n) is 4.98. The molecule has 1 rings (SSSR count). The molecular formula is C20H36O4. The number of ether oxygens (including phenoxy) is 1. The zero-order valence-electron chi connectivity index (χ0n) is 15.9. The first kappa shape index (κ1) is 21.0. The summed E-state index contributed by atoms with van der Waals surface area (Å²) in [7, 11) is 0. The molecule has 24 heavy (non-hydrogen) atoms. The van der Waals surface area contributed by atoms with Crippen molar-refractivity contribution in [2.45, 2.75) is 91.6 Å². The average Bonchev–Trinajstić information content (AvgIpc) is 2.50. The summed E-state index contributed by atoms with van der Waals surface area (Å²) in [5, 5.41) is 9.05. The molecule has 1 aliphatic carbocycles. The van der Waals surface area contributed by atoms with Gasteiger partial charge in [0.25, 0.3) is 0 Å². The van der Waals surface area contributed by atoms with Crippen molar-refractivity contribution in [2.24, 2.45) is 23.7 Å². The van der Waals surface area contributed by atoms with Gasteiger partial charge in [0, 0.05) is 0 Å². The van der Waals surface area contributed by atoms with Crippen LogP contribution in [0.3, 0.4) is 0 Å². The van der Waals surface area contributed by atoms with Crippen LogP contribution in [0, 0.1) is 23.7 Å². The Labute approximate surface area is 147 Å². The largest absolute Gasteiger partial charge is 0.481 e. The smallest absolute Gasteiger partial charge is 0.309 e. The Balaban J connectivity index is 2.41. The van der Waals surface area contributed by atoms with Crippen LogP contribution in [-0.4, -0.2) is 23.1 Å². The molecule has 4 heteroatoms. The fraction of sp³-hybridized carbons (Fsp3) is 0.900. The summed E-state index contributed by atoms with van der Waals surface area (Å²) in [5.41, 5.74) is 0. The van der Waals surface area contributed by atoms with E-state index in [1.807, 2.05) is 0 Å². The Hall–Kier alpha value is -1.06. The zero-order chi connectivity index (χ0) is 18.1. The quantitative estimate of drug-likeness (QED) is 0.446. The molecule has 0 aromatic rings. The second-order valence-corrected chi connectivity index (χ2v) is 8.25. The molecule has 4 nitrogen and oxygen atoms in total. The first-order valence-corrected chi connectivity index (χ1v) is 9.72. The lowest BCUT2D eigenvalue weighted by atomic mass is 9.82. The first-order valence-electron chi connectivity index (χ1n) is 9.72. The van der Waals surface area contributed by atoms with Gasteiger partial charge in [-0.25, -0.2) is 0 Å². The van der Waals surface area contributed by atoms with E-state index in [0.29, 0.717) is 31.6 Å². The van der Waals surface area contributed by atoms with E-state index in [9.17, 15) is 9.59 Å². The van der Waals surface area contributed by atoms with Gasteiger partial charge in [-0.2, -0.15) is 0 Å². The lowest BCUT2D eigenvalue weighted by Gasteiger charge is -2.27. The summed E-state index contributed by atoms with van der Waals surface area (Å²) in [4.78, 5) is 23.4. The number of unbranched alkanes of at least 4 members (excludes halogenated alkanes) is 1. The van der Waals surface area contributed by atoms with Crippen molar-refractivity contribution >= 4 is 11.9 Å². The van der Waals surface area contributed by atoms with Crippen molar-refractivity contribution in [2.75, 3.05) is 0 Å². The summed E-state index contributed by atoms with van der Waals surface area (Å²) in [6.07, 6.45) is 7.89. The SMILES string of the molecule is CC(C)CCCCC(CC(C)C)OC(=O)C1CCC(C(=O)O)CC1. The molecule has 1 N–H and O–H groups in total. The molecule has 0 aromatic carbocycles. The Morgan fingerprint density at radius 1 is 0.917 bits per heavy atom. The second kappa shape index (κ2) is 10.7. The number of carbonyl (C=O) groups is 2. The van der Waals surface area contributed by atoms with Crippen LogP contribution in [0.25, 0.3) is 0 Å². The Morgan fingerprint density at radius 2 is 1.46 bits per heavy atom. The maximum absolute atomic E-state index is 12.4. The number of esters is 1. The van der Waals surface area contributed by atoms with E-state index >= 15 is 0 Å². The van der Waals surface area contributed by atoms with Crippen LogP contribution in [0.5, 0.6) is 0 Å². The van der Waals surface area contributed by atoms with Gasteiger partial charge in [0.2, 0.25) is 0 Å². The van der Waals surface area contributed by atoms with Crippen LogP contribution in [0.1, 0.15) is 85.5 Å². The fourth-order valence-corrected chi connectivity index (χ4v) is 3.51. The zero-order valence-corrected chi connectivity index (χ0v) is 15.9. The minimum Gasteiger partial charge on any atom is -0.481 e. The summed E-state index contributed by atoms with van der Waals surface area (Å²) in [5.74, 6) is 0.0108. The molecule has 0 aromatic heterocycles. The molecule has 1 atom stereocenters. The standard InChI is InChI=1S/C20H36O4/c1-14(2)7-5-6-8-18(13-15(3)4)24-20(23)17-11-9-16(10-12-17)19(21)22/h14-18H,5-13H2,1-4H3,(H,21,22). The average molecular weight is 341 g/mol. The normalized spacial score (nSPS) is 22.6. The Kier molecular flexibility index (Phi) is 9.38. The van der Waals surface area contributed by atoms with E-state index in [4.69, 9.17) is 9.84 Å². The van der Waals surface area contributed by atoms with Crippen LogP contribution in [0.4, 0.5) is 0 Å². The van der Waals surface area contributed by atoms with E-state index in [0.717, 1.165) is 25.2 Å². The third kappa shape index (κ3) is 8.16. The number of carbonyl (C=O) groups excluding carboxylic acids is 1. The van der Waals surface area contributed by atoms with Gasteiger partial charge in [0.15, 0.2) is 0 Å². The van der Waals surface area contributed by atoms with E-state index in [1.165, 1.54) is 12.8 Å². The lowest BCUT2D eigenvalue weighted by molar-refractivity contribution is -0.158. The van der Waals surface area contributed by atoms with Gasteiger partial charge in [-0.1, -0.05) is 40.5 Å². The molecule has 0 bridgehead atoms. The molecular weight excluding hydrogens is 304 g/mol. The fourth-order valence-electron chi connectivity index (χ4n) is 3.51. The number of carboxylic acid groups (broad SMARTS) is 1. The van der Waals surface area contributed by atoms with Crippen LogP contribution >= 0.6 is 0 Å². The molecule has 1 aliphatic rings. The number of hydrogen-bond donors (Lipinski definition) is 1. The molecule has 1 saturated carbocycles. The number of hydrogen-bond acceptors (Lipinski definition) is 3. The van der Waals surface area contributed by atoms with Gasteiger partial charge in [0.1, 0.15) is 6.10 Å². The maximum Gasteiger partial charge on any atom is 0.309 e. The molecule has 0 saturated heterocycles. The number of rotatable bonds is 10. The van der Waals surface area contributed by atoms with Gasteiger partial charge in [-0.3, -0.25) is 9.59 Å². The minimum atomic E-state index is -0.732. The van der Waals surface area contributed by atoms with E-state index in [-0.39, 0.29) is 23.9 Å². The maximum atomic E-state index is 12.4. The molecule has 0 radical (unpaired) electrons.